The highest BCUT2D eigenvalue weighted by Gasteiger charge is 2.39. The van der Waals surface area contributed by atoms with Crippen LogP contribution in [0, 0.1) is 5.92 Å². The fourth-order valence-electron chi connectivity index (χ4n) is 2.80. The summed E-state index contributed by atoms with van der Waals surface area (Å²) in [5, 5.41) is 0. The lowest BCUT2D eigenvalue weighted by molar-refractivity contribution is -0.190. The van der Waals surface area contributed by atoms with Crippen molar-refractivity contribution in [1.82, 2.24) is 0 Å². The molecule has 0 N–H and O–H groups in total. The van der Waals surface area contributed by atoms with Gasteiger partial charge in [-0.15, -0.1) is 0 Å². The molecule has 0 aliphatic carbocycles. The lowest BCUT2D eigenvalue weighted by Crippen LogP contribution is -2.37. The molecule has 0 spiro atoms. The second kappa shape index (κ2) is 8.35. The van der Waals surface area contributed by atoms with Crippen LogP contribution in [0.3, 0.4) is 0 Å². The van der Waals surface area contributed by atoms with Crippen LogP contribution in [0.1, 0.15) is 25.8 Å². The third kappa shape index (κ3) is 3.99. The normalized spacial score (nSPS) is 16.8. The van der Waals surface area contributed by atoms with Crippen molar-refractivity contribution in [2.45, 2.75) is 26.1 Å². The van der Waals surface area contributed by atoms with E-state index in [0.717, 1.165) is 12.0 Å². The molecule has 0 bridgehead atoms. The molecule has 1 aromatic carbocycles. The molecule has 0 saturated carbocycles. The molecule has 0 aromatic heterocycles. The molecule has 1 fully saturated rings. The van der Waals surface area contributed by atoms with Crippen LogP contribution in [0.5, 0.6) is 17.2 Å². The van der Waals surface area contributed by atoms with E-state index in [9.17, 15) is 0 Å². The van der Waals surface area contributed by atoms with Gasteiger partial charge in [0.2, 0.25) is 5.75 Å². The van der Waals surface area contributed by atoms with Crippen LogP contribution in [0.25, 0.3) is 0 Å². The van der Waals surface area contributed by atoms with Crippen molar-refractivity contribution in [2.24, 2.45) is 10.9 Å². The van der Waals surface area contributed by atoms with E-state index >= 15 is 0 Å². The molecule has 1 aromatic rings. The Balaban J connectivity index is 2.06. The van der Waals surface area contributed by atoms with E-state index in [1.54, 1.807) is 27.5 Å². The van der Waals surface area contributed by atoms with Crippen LogP contribution in [0.2, 0.25) is 0 Å². The number of aliphatic imine (C=N–C) groups is 1. The van der Waals surface area contributed by atoms with Gasteiger partial charge in [-0.3, -0.25) is 4.99 Å². The molecule has 0 unspecified atom stereocenters. The first-order valence-electron chi connectivity index (χ1n) is 8.14. The maximum atomic E-state index is 5.80. The molecule has 1 heterocycles. The summed E-state index contributed by atoms with van der Waals surface area (Å²) in [4.78, 5) is 4.50. The number of nitrogens with zero attached hydrogens (tertiary/aromatic N) is 1. The van der Waals surface area contributed by atoms with E-state index in [0.29, 0.717) is 37.0 Å². The van der Waals surface area contributed by atoms with Crippen molar-refractivity contribution < 1.29 is 23.7 Å². The smallest absolute Gasteiger partial charge is 0.203 e. The molecule has 1 aliphatic rings. The number of benzene rings is 1. The second-order valence-corrected chi connectivity index (χ2v) is 5.91. The highest BCUT2D eigenvalue weighted by atomic mass is 16.7. The van der Waals surface area contributed by atoms with E-state index in [-0.39, 0.29) is 5.92 Å². The van der Waals surface area contributed by atoms with Crippen LogP contribution < -0.4 is 14.2 Å². The Labute approximate surface area is 143 Å². The standard InChI is InChI=1S/C18H27NO5/c1-13(2)18(23-8-9-24-18)6-7-19-12-14-10-15(20-3)17(22-5)16(11-14)21-4/h10-13H,6-9H2,1-5H3. The molecule has 6 nitrogen and oxygen atoms in total. The van der Waals surface area contributed by atoms with Crippen LogP contribution in [0.15, 0.2) is 17.1 Å². The first kappa shape index (κ1) is 18.5. The molecule has 134 valence electrons. The van der Waals surface area contributed by atoms with Gasteiger partial charge < -0.3 is 23.7 Å². The highest BCUT2D eigenvalue weighted by molar-refractivity contribution is 5.82. The first-order chi connectivity index (χ1) is 11.6. The van der Waals surface area contributed by atoms with Crippen LogP contribution >= 0.6 is 0 Å². The molecule has 6 heteroatoms. The van der Waals surface area contributed by atoms with Crippen LogP contribution in [0.4, 0.5) is 0 Å². The molecule has 1 aliphatic heterocycles. The van der Waals surface area contributed by atoms with Gasteiger partial charge in [0, 0.05) is 25.1 Å². The first-order valence-corrected chi connectivity index (χ1v) is 8.14. The number of ether oxygens (including phenoxy) is 5. The third-order valence-electron chi connectivity index (χ3n) is 4.17. The summed E-state index contributed by atoms with van der Waals surface area (Å²) in [5.74, 6) is 1.57. The average molecular weight is 337 g/mol. The second-order valence-electron chi connectivity index (χ2n) is 5.91. The van der Waals surface area contributed by atoms with E-state index in [4.69, 9.17) is 23.7 Å². The number of hydrogen-bond donors (Lipinski definition) is 0. The van der Waals surface area contributed by atoms with Gasteiger partial charge in [0.1, 0.15) is 0 Å². The zero-order chi connectivity index (χ0) is 17.6. The predicted octanol–water partition coefficient (Wildman–Crippen LogP) is 2.92. The van der Waals surface area contributed by atoms with Gasteiger partial charge >= 0.3 is 0 Å². The summed E-state index contributed by atoms with van der Waals surface area (Å²) in [5.41, 5.74) is 0.886. The molecule has 0 radical (unpaired) electrons. The van der Waals surface area contributed by atoms with Crippen molar-refractivity contribution >= 4 is 6.21 Å². The Kier molecular flexibility index (Phi) is 6.45. The molecule has 2 rings (SSSR count). The van der Waals surface area contributed by atoms with Crippen LogP contribution in [-0.2, 0) is 9.47 Å². The highest BCUT2D eigenvalue weighted by Crippen LogP contribution is 2.37. The lowest BCUT2D eigenvalue weighted by Gasteiger charge is -2.30. The van der Waals surface area contributed by atoms with E-state index in [1.807, 2.05) is 12.1 Å². The summed E-state index contributed by atoms with van der Waals surface area (Å²) >= 11 is 0. The van der Waals surface area contributed by atoms with Crippen molar-refractivity contribution in [3.63, 3.8) is 0 Å². The van der Waals surface area contributed by atoms with Crippen LogP contribution in [-0.4, -0.2) is 53.1 Å². The summed E-state index contributed by atoms with van der Waals surface area (Å²) in [6, 6.07) is 3.73. The molecule has 0 amide bonds. The number of rotatable bonds is 8. The Morgan fingerprint density at radius 2 is 1.67 bits per heavy atom. The minimum absolute atomic E-state index is 0.288. The van der Waals surface area contributed by atoms with Crippen molar-refractivity contribution in [1.29, 1.82) is 0 Å². The van der Waals surface area contributed by atoms with E-state index in [1.165, 1.54) is 0 Å². The summed E-state index contributed by atoms with van der Waals surface area (Å²) in [6.07, 6.45) is 2.53. The largest absolute Gasteiger partial charge is 0.493 e. The van der Waals surface area contributed by atoms with E-state index in [2.05, 4.69) is 18.8 Å². The van der Waals surface area contributed by atoms with Gasteiger partial charge in [0.25, 0.3) is 0 Å². The molecular weight excluding hydrogens is 310 g/mol. The van der Waals surface area contributed by atoms with Crippen molar-refractivity contribution in [3.8, 4) is 17.2 Å². The zero-order valence-corrected chi connectivity index (χ0v) is 15.1. The third-order valence-corrected chi connectivity index (χ3v) is 4.17. The summed E-state index contributed by atoms with van der Waals surface area (Å²) < 4.78 is 27.6. The fourth-order valence-corrected chi connectivity index (χ4v) is 2.80. The minimum Gasteiger partial charge on any atom is -0.493 e. The maximum absolute atomic E-state index is 5.80. The Morgan fingerprint density at radius 1 is 1.08 bits per heavy atom. The van der Waals surface area contributed by atoms with Gasteiger partial charge in [-0.1, -0.05) is 13.8 Å². The maximum Gasteiger partial charge on any atom is 0.203 e. The molecule has 24 heavy (non-hydrogen) atoms. The summed E-state index contributed by atoms with van der Waals surface area (Å²) in [6.45, 7) is 6.13. The Morgan fingerprint density at radius 3 is 2.12 bits per heavy atom. The minimum atomic E-state index is -0.507. The van der Waals surface area contributed by atoms with Crippen molar-refractivity contribution in [2.75, 3.05) is 41.1 Å². The van der Waals surface area contributed by atoms with Gasteiger partial charge in [-0.05, 0) is 17.7 Å². The van der Waals surface area contributed by atoms with Gasteiger partial charge in [0.05, 0.1) is 34.5 Å². The fraction of sp³-hybridized carbons (Fsp3) is 0.611. The average Bonchev–Trinajstić information content (AvgIpc) is 3.08. The number of hydrogen-bond acceptors (Lipinski definition) is 6. The van der Waals surface area contributed by atoms with Crippen molar-refractivity contribution in [3.05, 3.63) is 17.7 Å². The quantitative estimate of drug-likeness (QED) is 0.683. The zero-order valence-electron chi connectivity index (χ0n) is 15.1. The Bertz CT molecular complexity index is 540. The summed E-state index contributed by atoms with van der Waals surface area (Å²) in [7, 11) is 4.78. The van der Waals surface area contributed by atoms with Gasteiger partial charge in [0.15, 0.2) is 17.3 Å². The van der Waals surface area contributed by atoms with Gasteiger partial charge in [-0.25, -0.2) is 0 Å². The monoisotopic (exact) mass is 337 g/mol. The lowest BCUT2D eigenvalue weighted by atomic mass is 9.99. The van der Waals surface area contributed by atoms with Gasteiger partial charge in [-0.2, -0.15) is 0 Å². The van der Waals surface area contributed by atoms with E-state index < -0.39 is 5.79 Å². The molecule has 1 saturated heterocycles. The SMILES string of the molecule is COc1cc(C=NCCC2(C(C)C)OCCO2)cc(OC)c1OC. The molecular formula is C18H27NO5. The Hall–Kier alpha value is -1.79. The predicted molar refractivity (Wildman–Crippen MR) is 92.6 cm³/mol. The molecule has 0 atom stereocenters. The topological polar surface area (TPSA) is 58.5 Å². The number of methoxy groups -OCH3 is 3.